The number of benzene rings is 8. The van der Waals surface area contributed by atoms with Gasteiger partial charge in [-0.05, 0) is 227 Å². The number of allylic oxidation sites excluding steroid dienone is 17. The summed E-state index contributed by atoms with van der Waals surface area (Å²) in [5.74, 6) is 0. The number of nitrogens with one attached hydrogen (secondary N) is 1. The number of para-hydroxylation sites is 1. The third-order valence-corrected chi connectivity index (χ3v) is 23.8. The van der Waals surface area contributed by atoms with Crippen molar-refractivity contribution in [3.63, 3.8) is 0 Å². The van der Waals surface area contributed by atoms with Crippen LogP contribution in [-0.2, 0) is 10.5 Å². The van der Waals surface area contributed by atoms with Crippen LogP contribution in [0.4, 0.5) is 28.4 Å². The van der Waals surface area contributed by atoms with Crippen LogP contribution in [0.5, 0.6) is 0 Å². The number of fused-ring (bicyclic) bond motifs is 10. The van der Waals surface area contributed by atoms with Crippen LogP contribution < -0.4 is 10.2 Å². The van der Waals surface area contributed by atoms with Crippen LogP contribution in [0.2, 0.25) is 0 Å². The van der Waals surface area contributed by atoms with E-state index in [0.717, 1.165) is 49.2 Å². The molecule has 0 saturated heterocycles. The molecule has 0 saturated carbocycles. The molecule has 0 radical (unpaired) electrons. The number of hydrogen-bond acceptors (Lipinski definition) is 2. The van der Waals surface area contributed by atoms with Crippen molar-refractivity contribution in [1.82, 2.24) is 0 Å². The second-order valence-corrected chi connectivity index (χ2v) is 32.3. The largest absolute Gasteiger partial charge is 0.355 e. The van der Waals surface area contributed by atoms with Gasteiger partial charge in [0, 0.05) is 22.6 Å². The second kappa shape index (κ2) is 30.3. The van der Waals surface area contributed by atoms with Gasteiger partial charge in [0.15, 0.2) is 0 Å². The lowest BCUT2D eigenvalue weighted by atomic mass is 9.88. The summed E-state index contributed by atoms with van der Waals surface area (Å²) < 4.78 is -0.269. The molecule has 0 heterocycles. The number of anilines is 5. The van der Waals surface area contributed by atoms with Crippen LogP contribution in [0, 0.1) is 0 Å². The molecule has 11 rings (SSSR count). The van der Waals surface area contributed by atoms with Crippen molar-refractivity contribution in [2.45, 2.75) is 91.6 Å². The Hall–Kier alpha value is -8.02. The summed E-state index contributed by atoms with van der Waals surface area (Å²) >= 11 is 0. The molecular formula is C84H96N2S2. The molecule has 454 valence electrons. The molecule has 0 unspecified atom stereocenters. The van der Waals surface area contributed by atoms with Gasteiger partial charge in [0.2, 0.25) is 0 Å². The molecule has 3 aliphatic carbocycles. The van der Waals surface area contributed by atoms with Crippen molar-refractivity contribution in [3.05, 3.63) is 282 Å². The van der Waals surface area contributed by atoms with E-state index in [0.29, 0.717) is 0 Å². The maximum Gasteiger partial charge on any atom is 0.0818 e. The zero-order valence-corrected chi connectivity index (χ0v) is 56.8. The van der Waals surface area contributed by atoms with E-state index in [-0.39, 0.29) is 4.08 Å². The molecule has 0 atom stereocenters. The minimum absolute atomic E-state index is 0.269. The number of hydrogen-bond donors (Lipinski definition) is 1. The van der Waals surface area contributed by atoms with E-state index < -0.39 is 20.1 Å². The molecule has 8 aromatic carbocycles. The summed E-state index contributed by atoms with van der Waals surface area (Å²) in [6.45, 7) is 20.0. The van der Waals surface area contributed by atoms with E-state index in [1.165, 1.54) is 105 Å². The average molecular weight is 1200 g/mol. The van der Waals surface area contributed by atoms with Gasteiger partial charge in [0.1, 0.15) is 0 Å². The van der Waals surface area contributed by atoms with Gasteiger partial charge < -0.3 is 10.2 Å². The molecular weight excluding hydrogens is 1100 g/mol. The standard InChI is InChI=1S/C73H74N2S2.C7H10.2C2H6/c1-10-13-14-15-19-34-56-47-54(52-30-20-16-21-31-52)42-46-68(56)75(58-35-24-18-25-36-58)69-50-66-70(62-40-28-39-60(62)69)71-61-38-27-26-37-59(61)65-49-57(43-44-63(65)72(71)73(66,76(4,5)6)77(7,8)9)74-67-45-41-55(53-32-22-17-23-33-53)48-64(67)51(12-3)29-11-2;1-3-5-7-6-4-2;2*1-2/h11-12,14-15,17-20,22-38,40-50,74H,10,13,16,21,39H2,1-9H3;3-7H,1H2,2H3;2*1-2H3/b15-14-,29-11-,34-19?,51-12+;6-4-,7-5-;;. The Morgan fingerprint density at radius 3 is 1.97 bits per heavy atom. The van der Waals surface area contributed by atoms with Gasteiger partial charge in [-0.1, -0.05) is 242 Å². The zero-order valence-electron chi connectivity index (χ0n) is 55.2. The third-order valence-electron chi connectivity index (χ3n) is 16.5. The molecule has 2 nitrogen and oxygen atoms in total. The molecule has 8 aromatic rings. The van der Waals surface area contributed by atoms with Crippen molar-refractivity contribution >= 4 is 93.3 Å². The average Bonchev–Trinajstić information content (AvgIpc) is 1.48. The van der Waals surface area contributed by atoms with Crippen LogP contribution in [0.15, 0.2) is 243 Å². The van der Waals surface area contributed by atoms with Gasteiger partial charge in [0.25, 0.3) is 0 Å². The molecule has 0 bridgehead atoms. The highest BCUT2D eigenvalue weighted by Crippen LogP contribution is 2.82. The van der Waals surface area contributed by atoms with E-state index >= 15 is 0 Å². The predicted octanol–water partition coefficient (Wildman–Crippen LogP) is 25.5. The van der Waals surface area contributed by atoms with Crippen LogP contribution in [0.25, 0.3) is 67.1 Å². The highest BCUT2D eigenvalue weighted by Gasteiger charge is 2.57. The molecule has 0 fully saturated rings. The lowest BCUT2D eigenvalue weighted by molar-refractivity contribution is 0.959. The Morgan fingerprint density at radius 1 is 0.602 bits per heavy atom. The monoisotopic (exact) mass is 1200 g/mol. The Labute approximate surface area is 533 Å². The van der Waals surface area contributed by atoms with Gasteiger partial charge >= 0.3 is 0 Å². The van der Waals surface area contributed by atoms with E-state index in [9.17, 15) is 0 Å². The number of nitrogens with zero attached hydrogens (tertiary/aromatic N) is 1. The van der Waals surface area contributed by atoms with Gasteiger partial charge in [0.05, 0.1) is 15.5 Å². The van der Waals surface area contributed by atoms with Crippen molar-refractivity contribution < 1.29 is 0 Å². The van der Waals surface area contributed by atoms with E-state index in [1.807, 2.05) is 58.9 Å². The first kappa shape index (κ1) is 65.9. The summed E-state index contributed by atoms with van der Waals surface area (Å²) in [5, 5.41) is 9.26. The fourth-order valence-electron chi connectivity index (χ4n) is 13.2. The normalized spacial score (nSPS) is 14.5. The highest BCUT2D eigenvalue weighted by atomic mass is 32.3. The SMILES string of the molecule is C/C=C\C(=C/C)c1cc(-c2ccccc2)ccc1Nc1ccc2c3c(c4ccccc4c2c1)-c1c(cc(N(c2ccccc2)c2ccc(C4=CCCC=C4)cc2C=C/C=C\CCC)c2c1C=CC2)C3(S(C)(C)C)S(C)(C)C.C=C/C=C\C=C/C.CC.CC. The Balaban J connectivity index is 0.000000845. The highest BCUT2D eigenvalue weighted by molar-refractivity contribution is 8.48. The van der Waals surface area contributed by atoms with Crippen molar-refractivity contribution in [2.75, 3.05) is 47.8 Å². The maximum atomic E-state index is 3.99. The Morgan fingerprint density at radius 2 is 1.31 bits per heavy atom. The van der Waals surface area contributed by atoms with Crippen LogP contribution >= 0.6 is 20.1 Å². The van der Waals surface area contributed by atoms with Crippen molar-refractivity contribution in [1.29, 1.82) is 0 Å². The smallest absolute Gasteiger partial charge is 0.0818 e. The van der Waals surface area contributed by atoms with E-state index in [2.05, 4.69) is 294 Å². The Bertz CT molecular complexity index is 4010. The summed E-state index contributed by atoms with van der Waals surface area (Å²) in [6.07, 6.45) is 57.9. The summed E-state index contributed by atoms with van der Waals surface area (Å²) in [4.78, 5) is 2.60. The molecule has 1 N–H and O–H groups in total. The minimum Gasteiger partial charge on any atom is -0.355 e. The quantitative estimate of drug-likeness (QED) is 0.0722. The summed E-state index contributed by atoms with van der Waals surface area (Å²) in [6, 6.07) is 55.1. The molecule has 0 aromatic heterocycles. The van der Waals surface area contributed by atoms with Crippen molar-refractivity contribution in [3.8, 4) is 22.3 Å². The number of unbranched alkanes of at least 4 members (excludes halogenated alkanes) is 1. The summed E-state index contributed by atoms with van der Waals surface area (Å²) in [7, 11) is -2.84. The lowest BCUT2D eigenvalue weighted by Gasteiger charge is -2.59. The fraction of sp³-hybridized carbons (Fsp3) is 0.238. The predicted molar refractivity (Wildman–Crippen MR) is 406 cm³/mol. The summed E-state index contributed by atoms with van der Waals surface area (Å²) in [5.41, 5.74) is 22.9. The first-order valence-electron chi connectivity index (χ1n) is 31.9. The van der Waals surface area contributed by atoms with Gasteiger partial charge in [-0.15, -0.1) is 0 Å². The lowest BCUT2D eigenvalue weighted by Crippen LogP contribution is -2.36. The molecule has 4 heteroatoms. The molecule has 88 heavy (non-hydrogen) atoms. The fourth-order valence-corrected chi connectivity index (χ4v) is 22.5. The molecule has 0 amide bonds. The molecule has 0 spiro atoms. The molecule has 0 aliphatic heterocycles. The van der Waals surface area contributed by atoms with E-state index in [4.69, 9.17) is 0 Å². The number of rotatable bonds is 17. The van der Waals surface area contributed by atoms with Crippen LogP contribution in [0.3, 0.4) is 0 Å². The minimum atomic E-state index is -1.42. The second-order valence-electron chi connectivity index (χ2n) is 23.5. The maximum absolute atomic E-state index is 3.99. The first-order valence-corrected chi connectivity index (χ1v) is 37.6. The van der Waals surface area contributed by atoms with Crippen LogP contribution in [-0.4, -0.2) is 37.5 Å². The van der Waals surface area contributed by atoms with E-state index in [1.54, 1.807) is 6.08 Å². The van der Waals surface area contributed by atoms with Gasteiger partial charge in [-0.2, -0.15) is 0 Å². The first-order chi connectivity index (χ1) is 42.8. The van der Waals surface area contributed by atoms with Gasteiger partial charge in [-0.3, -0.25) is 0 Å². The topological polar surface area (TPSA) is 15.3 Å². The third kappa shape index (κ3) is 13.4. The Kier molecular flexibility index (Phi) is 22.7. The van der Waals surface area contributed by atoms with Gasteiger partial charge in [-0.25, -0.2) is 20.1 Å². The van der Waals surface area contributed by atoms with Crippen molar-refractivity contribution in [2.24, 2.45) is 0 Å². The zero-order chi connectivity index (χ0) is 63.0. The molecule has 3 aliphatic rings. The van der Waals surface area contributed by atoms with Crippen LogP contribution in [0.1, 0.15) is 120 Å².